The van der Waals surface area contributed by atoms with E-state index < -0.39 is 12.6 Å². The molecule has 1 atom stereocenters. The van der Waals surface area contributed by atoms with Crippen LogP contribution in [0.1, 0.15) is 44.1 Å². The highest BCUT2D eigenvalue weighted by Gasteiger charge is 2.27. The first-order valence-electron chi connectivity index (χ1n) is 9.13. The van der Waals surface area contributed by atoms with Crippen molar-refractivity contribution < 1.29 is 18.0 Å². The van der Waals surface area contributed by atoms with Gasteiger partial charge in [-0.3, -0.25) is 4.79 Å². The average molecular weight is 391 g/mol. The van der Waals surface area contributed by atoms with Crippen molar-refractivity contribution >= 4 is 17.5 Å². The number of amides is 1. The van der Waals surface area contributed by atoms with Gasteiger partial charge in [-0.2, -0.15) is 13.2 Å². The second-order valence-electron chi connectivity index (χ2n) is 6.93. The fourth-order valence-electron chi connectivity index (χ4n) is 3.35. The van der Waals surface area contributed by atoms with Gasteiger partial charge in [0.15, 0.2) is 0 Å². The van der Waals surface area contributed by atoms with Gasteiger partial charge in [0.2, 0.25) is 5.91 Å². The summed E-state index contributed by atoms with van der Waals surface area (Å²) in [6.45, 7) is 2.53. The Morgan fingerprint density at radius 3 is 2.81 bits per heavy atom. The van der Waals surface area contributed by atoms with Crippen molar-refractivity contribution in [2.75, 3.05) is 19.6 Å². The number of rotatable bonds is 8. The van der Waals surface area contributed by atoms with Crippen LogP contribution in [0.5, 0.6) is 0 Å². The van der Waals surface area contributed by atoms with Gasteiger partial charge < -0.3 is 10.2 Å². The first-order chi connectivity index (χ1) is 12.3. The number of piperidine rings is 1. The van der Waals surface area contributed by atoms with E-state index in [2.05, 4.69) is 10.2 Å². The molecule has 0 bridgehead atoms. The molecule has 0 aromatic heterocycles. The maximum absolute atomic E-state index is 12.2. The van der Waals surface area contributed by atoms with Gasteiger partial charge in [0.25, 0.3) is 0 Å². The lowest BCUT2D eigenvalue weighted by atomic mass is 9.93. The van der Waals surface area contributed by atoms with Gasteiger partial charge in [-0.05, 0) is 56.3 Å². The molecule has 1 aromatic carbocycles. The van der Waals surface area contributed by atoms with Gasteiger partial charge in [0.1, 0.15) is 0 Å². The van der Waals surface area contributed by atoms with E-state index in [4.69, 9.17) is 11.6 Å². The number of alkyl halides is 3. The molecule has 26 heavy (non-hydrogen) atoms. The standard InChI is InChI=1S/C19H26ClF3N2O/c20-17-7-2-1-6-16(17)13-24-18(26)9-8-15-5-3-11-25(14-15)12-4-10-19(21,22)23/h1-2,6-7,15H,3-5,8-14H2,(H,24,26)/t15-/m0/s1. The Labute approximate surface area is 157 Å². The molecule has 1 aromatic rings. The number of nitrogens with one attached hydrogen (secondary N) is 1. The van der Waals surface area contributed by atoms with E-state index in [1.807, 2.05) is 18.2 Å². The normalized spacial score (nSPS) is 18.7. The maximum Gasteiger partial charge on any atom is 0.389 e. The summed E-state index contributed by atoms with van der Waals surface area (Å²) in [5.74, 6) is 0.361. The number of nitrogens with zero attached hydrogens (tertiary/aromatic N) is 1. The number of hydrogen-bond acceptors (Lipinski definition) is 2. The molecular formula is C19H26ClF3N2O. The smallest absolute Gasteiger partial charge is 0.352 e. The summed E-state index contributed by atoms with van der Waals surface area (Å²) in [7, 11) is 0. The SMILES string of the molecule is O=C(CC[C@@H]1CCCN(CCCC(F)(F)F)C1)NCc1ccccc1Cl. The van der Waals surface area contributed by atoms with E-state index in [0.29, 0.717) is 30.5 Å². The molecule has 0 radical (unpaired) electrons. The van der Waals surface area contributed by atoms with Crippen molar-refractivity contribution in [3.8, 4) is 0 Å². The van der Waals surface area contributed by atoms with Crippen LogP contribution in [-0.4, -0.2) is 36.6 Å². The maximum atomic E-state index is 12.2. The van der Waals surface area contributed by atoms with E-state index in [-0.39, 0.29) is 12.3 Å². The molecule has 1 saturated heterocycles. The second-order valence-corrected chi connectivity index (χ2v) is 7.34. The summed E-state index contributed by atoms with van der Waals surface area (Å²) < 4.78 is 36.7. The minimum atomic E-state index is -4.07. The number of likely N-dealkylation sites (tertiary alicyclic amines) is 1. The summed E-state index contributed by atoms with van der Waals surface area (Å²) in [5, 5.41) is 3.51. The second kappa shape index (κ2) is 10.2. The van der Waals surface area contributed by atoms with Crippen molar-refractivity contribution in [1.82, 2.24) is 10.2 Å². The number of carbonyl (C=O) groups excluding carboxylic acids is 1. The third kappa shape index (κ3) is 7.96. The predicted molar refractivity (Wildman–Crippen MR) is 97.0 cm³/mol. The number of benzene rings is 1. The first-order valence-corrected chi connectivity index (χ1v) is 9.50. The zero-order valence-electron chi connectivity index (χ0n) is 14.8. The Bertz CT molecular complexity index is 580. The average Bonchev–Trinajstić information content (AvgIpc) is 2.58. The van der Waals surface area contributed by atoms with Crippen LogP contribution in [0.25, 0.3) is 0 Å². The molecule has 0 unspecified atom stereocenters. The van der Waals surface area contributed by atoms with Crippen LogP contribution >= 0.6 is 11.6 Å². The Kier molecular flexibility index (Phi) is 8.22. The molecule has 1 aliphatic heterocycles. The summed E-state index contributed by atoms with van der Waals surface area (Å²) in [5.41, 5.74) is 0.885. The molecule has 0 saturated carbocycles. The lowest BCUT2D eigenvalue weighted by molar-refractivity contribution is -0.136. The predicted octanol–water partition coefficient (Wildman–Crippen LogP) is 4.79. The Morgan fingerprint density at radius 1 is 1.31 bits per heavy atom. The largest absolute Gasteiger partial charge is 0.389 e. The molecular weight excluding hydrogens is 365 g/mol. The minimum Gasteiger partial charge on any atom is -0.352 e. The van der Waals surface area contributed by atoms with E-state index in [1.54, 1.807) is 6.07 Å². The Balaban J connectivity index is 1.65. The van der Waals surface area contributed by atoms with Crippen LogP contribution in [0.3, 0.4) is 0 Å². The lowest BCUT2D eigenvalue weighted by Gasteiger charge is -2.32. The molecule has 1 fully saturated rings. The van der Waals surface area contributed by atoms with E-state index in [1.165, 1.54) is 0 Å². The molecule has 1 aliphatic rings. The monoisotopic (exact) mass is 390 g/mol. The van der Waals surface area contributed by atoms with Crippen molar-refractivity contribution in [2.45, 2.75) is 51.2 Å². The quantitative estimate of drug-likeness (QED) is 0.692. The molecule has 2 rings (SSSR count). The van der Waals surface area contributed by atoms with Crippen LogP contribution in [0.15, 0.2) is 24.3 Å². The Morgan fingerprint density at radius 2 is 2.08 bits per heavy atom. The number of halogens is 4. The van der Waals surface area contributed by atoms with E-state index in [0.717, 1.165) is 37.9 Å². The van der Waals surface area contributed by atoms with Gasteiger partial charge >= 0.3 is 6.18 Å². The third-order valence-corrected chi connectivity index (χ3v) is 5.12. The Hall–Kier alpha value is -1.27. The van der Waals surface area contributed by atoms with Gasteiger partial charge in [-0.15, -0.1) is 0 Å². The van der Waals surface area contributed by atoms with Crippen LogP contribution < -0.4 is 5.32 Å². The van der Waals surface area contributed by atoms with Crippen molar-refractivity contribution in [1.29, 1.82) is 0 Å². The van der Waals surface area contributed by atoms with Gasteiger partial charge in [0.05, 0.1) is 0 Å². The summed E-state index contributed by atoms with van der Waals surface area (Å²) in [6, 6.07) is 7.39. The summed E-state index contributed by atoms with van der Waals surface area (Å²) >= 11 is 6.07. The van der Waals surface area contributed by atoms with Crippen LogP contribution in [0.2, 0.25) is 5.02 Å². The topological polar surface area (TPSA) is 32.3 Å². The van der Waals surface area contributed by atoms with Gasteiger partial charge in [-0.25, -0.2) is 0 Å². The fourth-order valence-corrected chi connectivity index (χ4v) is 3.55. The van der Waals surface area contributed by atoms with Gasteiger partial charge in [0, 0.05) is 31.0 Å². The molecule has 0 spiro atoms. The van der Waals surface area contributed by atoms with Crippen LogP contribution in [0.4, 0.5) is 13.2 Å². The number of carbonyl (C=O) groups is 1. The van der Waals surface area contributed by atoms with E-state index in [9.17, 15) is 18.0 Å². The van der Waals surface area contributed by atoms with Crippen molar-refractivity contribution in [2.24, 2.45) is 5.92 Å². The highest BCUT2D eigenvalue weighted by molar-refractivity contribution is 6.31. The highest BCUT2D eigenvalue weighted by atomic mass is 35.5. The molecule has 1 amide bonds. The molecule has 146 valence electrons. The van der Waals surface area contributed by atoms with E-state index >= 15 is 0 Å². The number of hydrogen-bond donors (Lipinski definition) is 1. The van der Waals surface area contributed by atoms with Gasteiger partial charge in [-0.1, -0.05) is 29.8 Å². The first kappa shape index (κ1) is 21.0. The van der Waals surface area contributed by atoms with Crippen LogP contribution in [-0.2, 0) is 11.3 Å². The van der Waals surface area contributed by atoms with Crippen LogP contribution in [0, 0.1) is 5.92 Å². The van der Waals surface area contributed by atoms with Crippen molar-refractivity contribution in [3.63, 3.8) is 0 Å². The molecule has 7 heteroatoms. The summed E-state index contributed by atoms with van der Waals surface area (Å²) in [4.78, 5) is 14.1. The minimum absolute atomic E-state index is 0.0147. The third-order valence-electron chi connectivity index (χ3n) is 4.75. The molecule has 3 nitrogen and oxygen atoms in total. The lowest BCUT2D eigenvalue weighted by Crippen LogP contribution is -2.37. The molecule has 1 heterocycles. The zero-order chi connectivity index (χ0) is 19.0. The molecule has 1 N–H and O–H groups in total. The molecule has 0 aliphatic carbocycles. The highest BCUT2D eigenvalue weighted by Crippen LogP contribution is 2.24. The summed E-state index contributed by atoms with van der Waals surface area (Å²) in [6.07, 6.45) is -1.43. The fraction of sp³-hybridized carbons (Fsp3) is 0.632. The van der Waals surface area contributed by atoms with Crippen molar-refractivity contribution in [3.05, 3.63) is 34.9 Å². The zero-order valence-corrected chi connectivity index (χ0v) is 15.6.